The number of nitrogen functional groups attached to an aromatic ring is 1. The van der Waals surface area contributed by atoms with Crippen molar-refractivity contribution in [1.82, 2.24) is 9.97 Å². The summed E-state index contributed by atoms with van der Waals surface area (Å²) in [5, 5.41) is 2.81. The van der Waals surface area contributed by atoms with E-state index in [1.54, 1.807) is 18.3 Å². The predicted octanol–water partition coefficient (Wildman–Crippen LogP) is 2.43. The van der Waals surface area contributed by atoms with Crippen molar-refractivity contribution in [3.8, 4) is 0 Å². The van der Waals surface area contributed by atoms with Crippen LogP contribution in [0.2, 0.25) is 5.15 Å². The Kier molecular flexibility index (Phi) is 4.31. The van der Waals surface area contributed by atoms with Crippen molar-refractivity contribution in [1.29, 1.82) is 0 Å². The maximum Gasteiger partial charge on any atom is 0.257 e. The molecule has 0 aliphatic carbocycles. The molecule has 0 bridgehead atoms. The molecule has 2 aromatic heterocycles. The number of hydrogen-bond donors (Lipinski definition) is 3. The molecule has 2 rings (SSSR count). The molecule has 1 amide bonds. The van der Waals surface area contributed by atoms with Crippen LogP contribution in [0.4, 0.5) is 11.6 Å². The van der Waals surface area contributed by atoms with Crippen LogP contribution in [-0.2, 0) is 0 Å². The number of rotatable bonds is 3. The van der Waals surface area contributed by atoms with Crippen molar-refractivity contribution in [3.05, 3.63) is 45.7 Å². The average molecular weight is 343 g/mol. The van der Waals surface area contributed by atoms with Gasteiger partial charge in [0.2, 0.25) is 0 Å². The fraction of sp³-hybridized carbons (Fsp3) is 0. The smallest absolute Gasteiger partial charge is 0.257 e. The molecule has 4 N–H and O–H groups in total. The Morgan fingerprint density at radius 3 is 2.74 bits per heavy atom. The first-order valence-corrected chi connectivity index (χ1v) is 6.32. The summed E-state index contributed by atoms with van der Waals surface area (Å²) in [4.78, 5) is 19.9. The topological polar surface area (TPSA) is 92.9 Å². The van der Waals surface area contributed by atoms with Crippen LogP contribution < -0.4 is 16.6 Å². The molecule has 0 unspecified atom stereocenters. The van der Waals surface area contributed by atoms with Gasteiger partial charge >= 0.3 is 0 Å². The number of hydrogen-bond acceptors (Lipinski definition) is 5. The summed E-state index contributed by atoms with van der Waals surface area (Å²) in [6.07, 6.45) is 1.59. The van der Waals surface area contributed by atoms with Crippen molar-refractivity contribution < 1.29 is 4.79 Å². The van der Waals surface area contributed by atoms with Gasteiger partial charge in [-0.1, -0.05) is 11.6 Å². The number of carbonyl (C=O) groups excluding carboxylic acids is 1. The number of carbonyl (C=O) groups is 1. The zero-order valence-corrected chi connectivity index (χ0v) is 11.9. The molecule has 0 aliphatic rings. The standard InChI is InChI=1S/C11H9BrClN5O/c12-7-1-2-9(15-5-7)17-11(19)6-3-8(13)16-10(4-6)18-14/h1-5H,14H2,(H,16,18)(H,15,17,19). The second-order valence-corrected chi connectivity index (χ2v) is 4.83. The van der Waals surface area contributed by atoms with E-state index in [0.29, 0.717) is 17.2 Å². The number of halogens is 2. The lowest BCUT2D eigenvalue weighted by atomic mass is 10.2. The van der Waals surface area contributed by atoms with Crippen molar-refractivity contribution >= 4 is 45.1 Å². The summed E-state index contributed by atoms with van der Waals surface area (Å²) in [6, 6.07) is 6.37. The van der Waals surface area contributed by atoms with Crippen LogP contribution in [0.5, 0.6) is 0 Å². The van der Waals surface area contributed by atoms with Crippen molar-refractivity contribution in [2.75, 3.05) is 10.7 Å². The summed E-state index contributed by atoms with van der Waals surface area (Å²) in [5.74, 6) is 5.63. The van der Waals surface area contributed by atoms with E-state index in [-0.39, 0.29) is 11.1 Å². The Labute approximate surface area is 122 Å². The number of hydrazine groups is 1. The monoisotopic (exact) mass is 341 g/mol. The van der Waals surface area contributed by atoms with Gasteiger partial charge in [-0.3, -0.25) is 4.79 Å². The molecular formula is C11H9BrClN5O. The van der Waals surface area contributed by atoms with Gasteiger partial charge in [0.25, 0.3) is 5.91 Å². The van der Waals surface area contributed by atoms with E-state index in [1.807, 2.05) is 0 Å². The predicted molar refractivity (Wildman–Crippen MR) is 76.9 cm³/mol. The zero-order valence-electron chi connectivity index (χ0n) is 9.52. The lowest BCUT2D eigenvalue weighted by molar-refractivity contribution is 0.102. The largest absolute Gasteiger partial charge is 0.308 e. The third kappa shape index (κ3) is 3.63. The first-order chi connectivity index (χ1) is 9.08. The molecule has 0 saturated carbocycles. The maximum atomic E-state index is 12.0. The number of pyridine rings is 2. The molecule has 0 spiro atoms. The second kappa shape index (κ2) is 5.96. The van der Waals surface area contributed by atoms with Crippen LogP contribution in [0.1, 0.15) is 10.4 Å². The third-order valence-electron chi connectivity index (χ3n) is 2.17. The highest BCUT2D eigenvalue weighted by molar-refractivity contribution is 9.10. The van der Waals surface area contributed by atoms with E-state index in [4.69, 9.17) is 17.4 Å². The Hall–Kier alpha value is -1.70. The Balaban J connectivity index is 2.20. The molecule has 6 nitrogen and oxygen atoms in total. The quantitative estimate of drug-likeness (QED) is 0.452. The highest BCUT2D eigenvalue weighted by atomic mass is 79.9. The van der Waals surface area contributed by atoms with Crippen LogP contribution in [-0.4, -0.2) is 15.9 Å². The fourth-order valence-corrected chi connectivity index (χ4v) is 1.78. The molecule has 0 aliphatic heterocycles. The van der Waals surface area contributed by atoms with Gasteiger partial charge in [0.1, 0.15) is 16.8 Å². The lowest BCUT2D eigenvalue weighted by Gasteiger charge is -2.06. The zero-order chi connectivity index (χ0) is 13.8. The molecule has 0 fully saturated rings. The Morgan fingerprint density at radius 2 is 2.11 bits per heavy atom. The van der Waals surface area contributed by atoms with Gasteiger partial charge in [-0.05, 0) is 40.2 Å². The van der Waals surface area contributed by atoms with E-state index < -0.39 is 0 Å². The van der Waals surface area contributed by atoms with Crippen LogP contribution in [0.25, 0.3) is 0 Å². The number of amides is 1. The summed E-state index contributed by atoms with van der Waals surface area (Å²) in [7, 11) is 0. The van der Waals surface area contributed by atoms with Crippen LogP contribution in [0.3, 0.4) is 0 Å². The minimum atomic E-state index is -0.351. The molecule has 2 heterocycles. The normalized spacial score (nSPS) is 10.1. The van der Waals surface area contributed by atoms with Crippen molar-refractivity contribution in [2.45, 2.75) is 0 Å². The molecule has 98 valence electrons. The molecule has 8 heteroatoms. The van der Waals surface area contributed by atoms with Crippen molar-refractivity contribution in [3.63, 3.8) is 0 Å². The van der Waals surface area contributed by atoms with Crippen LogP contribution >= 0.6 is 27.5 Å². The minimum Gasteiger partial charge on any atom is -0.308 e. The van der Waals surface area contributed by atoms with Crippen LogP contribution in [0, 0.1) is 0 Å². The first kappa shape index (κ1) is 13.7. The molecule has 19 heavy (non-hydrogen) atoms. The maximum absolute atomic E-state index is 12.0. The minimum absolute atomic E-state index is 0.171. The number of nitrogens with one attached hydrogen (secondary N) is 2. The molecule has 0 saturated heterocycles. The highest BCUT2D eigenvalue weighted by Crippen LogP contribution is 2.16. The number of nitrogens with two attached hydrogens (primary N) is 1. The number of nitrogens with zero attached hydrogens (tertiary/aromatic N) is 2. The summed E-state index contributed by atoms with van der Waals surface area (Å²) in [6.45, 7) is 0. The van der Waals surface area contributed by atoms with Crippen molar-refractivity contribution in [2.24, 2.45) is 5.84 Å². The third-order valence-corrected chi connectivity index (χ3v) is 2.84. The SMILES string of the molecule is NNc1cc(C(=O)Nc2ccc(Br)cn2)cc(Cl)n1. The number of aromatic nitrogens is 2. The molecular weight excluding hydrogens is 334 g/mol. The van der Waals surface area contributed by atoms with Gasteiger partial charge in [0.15, 0.2) is 0 Å². The summed E-state index contributed by atoms with van der Waals surface area (Å²) >= 11 is 9.05. The molecule has 2 aromatic rings. The van der Waals surface area contributed by atoms with Gasteiger partial charge in [-0.15, -0.1) is 0 Å². The summed E-state index contributed by atoms with van der Waals surface area (Å²) < 4.78 is 0.826. The van der Waals surface area contributed by atoms with Gasteiger partial charge < -0.3 is 10.7 Å². The van der Waals surface area contributed by atoms with E-state index >= 15 is 0 Å². The number of anilines is 2. The van der Waals surface area contributed by atoms with Gasteiger partial charge in [0, 0.05) is 16.2 Å². The van der Waals surface area contributed by atoms with E-state index in [1.165, 1.54) is 12.1 Å². The fourth-order valence-electron chi connectivity index (χ4n) is 1.34. The first-order valence-electron chi connectivity index (χ1n) is 5.15. The lowest BCUT2D eigenvalue weighted by Crippen LogP contribution is -2.15. The van der Waals surface area contributed by atoms with Gasteiger partial charge in [-0.2, -0.15) is 0 Å². The van der Waals surface area contributed by atoms with Gasteiger partial charge in [0.05, 0.1) is 0 Å². The summed E-state index contributed by atoms with van der Waals surface area (Å²) in [5.41, 5.74) is 2.67. The van der Waals surface area contributed by atoms with Gasteiger partial charge in [-0.25, -0.2) is 15.8 Å². The average Bonchev–Trinajstić information content (AvgIpc) is 2.40. The second-order valence-electron chi connectivity index (χ2n) is 3.52. The highest BCUT2D eigenvalue weighted by Gasteiger charge is 2.10. The van der Waals surface area contributed by atoms with Crippen LogP contribution in [0.15, 0.2) is 34.9 Å². The molecule has 0 atom stereocenters. The molecule has 0 aromatic carbocycles. The molecule has 0 radical (unpaired) electrons. The van der Waals surface area contributed by atoms with E-state index in [0.717, 1.165) is 4.47 Å². The Bertz CT molecular complexity index is 605. The van der Waals surface area contributed by atoms with E-state index in [9.17, 15) is 4.79 Å². The van der Waals surface area contributed by atoms with E-state index in [2.05, 4.69) is 36.6 Å². The Morgan fingerprint density at radius 1 is 1.32 bits per heavy atom.